The fraction of sp³-hybridized carbons (Fsp3) is 0.375. The molecule has 0 fully saturated rings. The molecule has 0 saturated carbocycles. The van der Waals surface area contributed by atoms with E-state index in [9.17, 15) is 4.39 Å². The van der Waals surface area contributed by atoms with E-state index in [0.29, 0.717) is 12.8 Å². The summed E-state index contributed by atoms with van der Waals surface area (Å²) in [5, 5.41) is 7.26. The lowest BCUT2D eigenvalue weighted by Crippen LogP contribution is -2.05. The molecule has 0 aromatic heterocycles. The van der Waals surface area contributed by atoms with E-state index >= 15 is 0 Å². The molecule has 0 aliphatic heterocycles. The molecule has 3 heteroatoms. The van der Waals surface area contributed by atoms with Crippen LogP contribution in [0.15, 0.2) is 23.6 Å². The molecule has 0 unspecified atom stereocenters. The van der Waals surface area contributed by atoms with Gasteiger partial charge in [0.05, 0.1) is 7.11 Å². The zero-order chi connectivity index (χ0) is 8.27. The van der Waals surface area contributed by atoms with Gasteiger partial charge in [-0.3, -0.25) is 5.41 Å². The van der Waals surface area contributed by atoms with Crippen LogP contribution >= 0.6 is 0 Å². The first-order valence-corrected chi connectivity index (χ1v) is 3.42. The van der Waals surface area contributed by atoms with Gasteiger partial charge in [0.1, 0.15) is 5.83 Å². The summed E-state index contributed by atoms with van der Waals surface area (Å²) in [4.78, 5) is 0. The monoisotopic (exact) mass is 155 g/mol. The van der Waals surface area contributed by atoms with E-state index in [4.69, 9.17) is 5.41 Å². The van der Waals surface area contributed by atoms with Crippen molar-refractivity contribution in [1.82, 2.24) is 0 Å². The third-order valence-electron chi connectivity index (χ3n) is 1.59. The summed E-state index contributed by atoms with van der Waals surface area (Å²) in [6.07, 6.45) is 3.92. The number of ether oxygens (including phenoxy) is 1. The molecule has 2 nitrogen and oxygen atoms in total. The molecule has 11 heavy (non-hydrogen) atoms. The van der Waals surface area contributed by atoms with Crippen LogP contribution in [0, 0.1) is 5.41 Å². The van der Waals surface area contributed by atoms with Crippen LogP contribution in [-0.4, -0.2) is 13.0 Å². The molecule has 0 saturated heterocycles. The summed E-state index contributed by atoms with van der Waals surface area (Å²) in [5.74, 6) is 0.00593. The van der Waals surface area contributed by atoms with Crippen molar-refractivity contribution in [3.05, 3.63) is 23.6 Å². The van der Waals surface area contributed by atoms with Gasteiger partial charge in [0.15, 0.2) is 0 Å². The number of allylic oxidation sites excluding steroid dienone is 3. The number of hydrogen-bond acceptors (Lipinski definition) is 2. The van der Waals surface area contributed by atoms with Crippen LogP contribution in [0.3, 0.4) is 0 Å². The molecule has 0 heterocycles. The molecule has 0 radical (unpaired) electrons. The second-order valence-electron chi connectivity index (χ2n) is 2.34. The maximum atomic E-state index is 12.4. The average Bonchev–Trinajstić information content (AvgIpc) is 2.05. The smallest absolute Gasteiger partial charge is 0.208 e. The SMILES string of the molecule is COC(=N)C1=CC=C(F)CC1. The van der Waals surface area contributed by atoms with Gasteiger partial charge in [-0.25, -0.2) is 4.39 Å². The number of nitrogens with one attached hydrogen (secondary N) is 1. The van der Waals surface area contributed by atoms with Gasteiger partial charge in [0.2, 0.25) is 5.90 Å². The molecular formula is C8H10FNO. The van der Waals surface area contributed by atoms with Crippen molar-refractivity contribution in [2.45, 2.75) is 12.8 Å². The molecule has 0 spiro atoms. The Labute approximate surface area is 64.9 Å². The molecule has 0 aromatic rings. The number of rotatable bonds is 1. The highest BCUT2D eigenvalue weighted by molar-refractivity contribution is 5.91. The number of hydrogen-bond donors (Lipinski definition) is 1. The summed E-state index contributed by atoms with van der Waals surface area (Å²) < 4.78 is 17.1. The van der Waals surface area contributed by atoms with Crippen LogP contribution in [0.25, 0.3) is 0 Å². The van der Waals surface area contributed by atoms with Crippen LogP contribution in [0.4, 0.5) is 4.39 Å². The second-order valence-corrected chi connectivity index (χ2v) is 2.34. The molecule has 1 aliphatic carbocycles. The highest BCUT2D eigenvalue weighted by Gasteiger charge is 2.09. The first kappa shape index (κ1) is 7.98. The summed E-state index contributed by atoms with van der Waals surface area (Å²) in [6, 6.07) is 0. The number of halogens is 1. The quantitative estimate of drug-likeness (QED) is 0.457. The van der Waals surface area contributed by atoms with E-state index in [0.717, 1.165) is 5.57 Å². The van der Waals surface area contributed by atoms with Gasteiger partial charge in [-0.2, -0.15) is 0 Å². The fourth-order valence-corrected chi connectivity index (χ4v) is 0.932. The highest BCUT2D eigenvalue weighted by Crippen LogP contribution is 2.19. The van der Waals surface area contributed by atoms with E-state index < -0.39 is 0 Å². The summed E-state index contributed by atoms with van der Waals surface area (Å²) in [7, 11) is 1.44. The Morgan fingerprint density at radius 1 is 1.55 bits per heavy atom. The Morgan fingerprint density at radius 2 is 2.27 bits per heavy atom. The van der Waals surface area contributed by atoms with E-state index in [1.807, 2.05) is 0 Å². The topological polar surface area (TPSA) is 33.1 Å². The molecular weight excluding hydrogens is 145 g/mol. The van der Waals surface area contributed by atoms with Crippen LogP contribution in [0.2, 0.25) is 0 Å². The average molecular weight is 155 g/mol. The van der Waals surface area contributed by atoms with Crippen molar-refractivity contribution < 1.29 is 9.13 Å². The third kappa shape index (κ3) is 1.90. The van der Waals surface area contributed by atoms with Gasteiger partial charge in [-0.05, 0) is 12.5 Å². The van der Waals surface area contributed by atoms with Crippen LogP contribution in [-0.2, 0) is 4.74 Å². The van der Waals surface area contributed by atoms with Crippen molar-refractivity contribution in [3.8, 4) is 0 Å². The first-order valence-electron chi connectivity index (χ1n) is 3.42. The minimum Gasteiger partial charge on any atom is -0.481 e. The van der Waals surface area contributed by atoms with Gasteiger partial charge in [0.25, 0.3) is 0 Å². The Hall–Kier alpha value is -1.12. The van der Waals surface area contributed by atoms with Gasteiger partial charge < -0.3 is 4.74 Å². The highest BCUT2D eigenvalue weighted by atomic mass is 19.1. The van der Waals surface area contributed by atoms with Crippen LogP contribution in [0.1, 0.15) is 12.8 Å². The van der Waals surface area contributed by atoms with Crippen molar-refractivity contribution in [2.75, 3.05) is 7.11 Å². The van der Waals surface area contributed by atoms with Gasteiger partial charge in [-0.15, -0.1) is 0 Å². The van der Waals surface area contributed by atoms with Gasteiger partial charge in [-0.1, -0.05) is 6.08 Å². The minimum atomic E-state index is -0.127. The predicted molar refractivity (Wildman–Crippen MR) is 41.2 cm³/mol. The lowest BCUT2D eigenvalue weighted by atomic mass is 10.0. The van der Waals surface area contributed by atoms with Gasteiger partial charge in [0, 0.05) is 12.0 Å². The zero-order valence-electron chi connectivity index (χ0n) is 6.36. The summed E-state index contributed by atoms with van der Waals surface area (Å²) in [5.41, 5.74) is 0.758. The van der Waals surface area contributed by atoms with Crippen LogP contribution < -0.4 is 0 Å². The van der Waals surface area contributed by atoms with E-state index in [2.05, 4.69) is 4.74 Å². The van der Waals surface area contributed by atoms with E-state index in [1.165, 1.54) is 13.2 Å². The molecule has 0 bridgehead atoms. The summed E-state index contributed by atoms with van der Waals surface area (Å²) >= 11 is 0. The molecule has 0 atom stereocenters. The Balaban J connectivity index is 2.68. The Kier molecular flexibility index (Phi) is 2.41. The Bertz CT molecular complexity index is 230. The lowest BCUT2D eigenvalue weighted by molar-refractivity contribution is 0.397. The van der Waals surface area contributed by atoms with Crippen molar-refractivity contribution in [2.24, 2.45) is 0 Å². The fourth-order valence-electron chi connectivity index (χ4n) is 0.932. The van der Waals surface area contributed by atoms with E-state index in [-0.39, 0.29) is 11.7 Å². The maximum absolute atomic E-state index is 12.4. The summed E-state index contributed by atoms with van der Waals surface area (Å²) in [6.45, 7) is 0. The number of methoxy groups -OCH3 is 1. The lowest BCUT2D eigenvalue weighted by Gasteiger charge is -2.09. The molecule has 0 amide bonds. The molecule has 1 rings (SSSR count). The second kappa shape index (κ2) is 3.32. The van der Waals surface area contributed by atoms with Crippen molar-refractivity contribution in [1.29, 1.82) is 5.41 Å². The third-order valence-corrected chi connectivity index (χ3v) is 1.59. The maximum Gasteiger partial charge on any atom is 0.208 e. The zero-order valence-corrected chi connectivity index (χ0v) is 6.36. The van der Waals surface area contributed by atoms with Gasteiger partial charge >= 0.3 is 0 Å². The van der Waals surface area contributed by atoms with Crippen LogP contribution in [0.5, 0.6) is 0 Å². The van der Waals surface area contributed by atoms with E-state index in [1.54, 1.807) is 6.08 Å². The van der Waals surface area contributed by atoms with Crippen molar-refractivity contribution >= 4 is 5.90 Å². The minimum absolute atomic E-state index is 0.127. The molecule has 60 valence electrons. The van der Waals surface area contributed by atoms with Crippen molar-refractivity contribution in [3.63, 3.8) is 0 Å². The molecule has 0 aromatic carbocycles. The molecule has 1 aliphatic rings. The first-order chi connectivity index (χ1) is 5.24. The standard InChI is InChI=1S/C8H10FNO/c1-11-8(10)6-2-4-7(9)5-3-6/h2,4,10H,3,5H2,1H3. The largest absolute Gasteiger partial charge is 0.481 e. The molecule has 1 N–H and O–H groups in total. The Morgan fingerprint density at radius 3 is 2.73 bits per heavy atom. The predicted octanol–water partition coefficient (Wildman–Crippen LogP) is 2.18. The normalized spacial score (nSPS) is 16.9.